The molecule has 146 valence electrons. The first-order chi connectivity index (χ1) is 12.8. The maximum absolute atomic E-state index is 12.5. The fraction of sp³-hybridized carbons (Fsp3) is 0.389. The van der Waals surface area contributed by atoms with E-state index in [1.165, 1.54) is 12.0 Å². The second-order valence-electron chi connectivity index (χ2n) is 5.76. The summed E-state index contributed by atoms with van der Waals surface area (Å²) in [4.78, 5) is 37.4. The normalized spacial score (nSPS) is 15.6. The molecule has 1 heterocycles. The van der Waals surface area contributed by atoms with E-state index >= 15 is 0 Å². The number of imide groups is 1. The molecule has 27 heavy (non-hydrogen) atoms. The number of carbonyl (C=O) groups excluding carboxylic acids is 3. The molecule has 1 aromatic rings. The summed E-state index contributed by atoms with van der Waals surface area (Å²) < 4.78 is 16.2. The molecule has 0 radical (unpaired) electrons. The van der Waals surface area contributed by atoms with Crippen molar-refractivity contribution in [1.82, 2.24) is 4.90 Å². The van der Waals surface area contributed by atoms with Gasteiger partial charge >= 0.3 is 5.97 Å². The summed E-state index contributed by atoms with van der Waals surface area (Å²) in [5.41, 5.74) is 0.651. The first-order valence-corrected chi connectivity index (χ1v) is 9.82. The van der Waals surface area contributed by atoms with Gasteiger partial charge in [0.05, 0.1) is 18.6 Å². The molecule has 0 aromatic heterocycles. The summed E-state index contributed by atoms with van der Waals surface area (Å²) in [6, 6.07) is 3.12. The first-order valence-electron chi connectivity index (χ1n) is 8.21. The lowest BCUT2D eigenvalue weighted by Crippen LogP contribution is -2.34. The van der Waals surface area contributed by atoms with Crippen LogP contribution in [0.25, 0.3) is 6.08 Å². The molecule has 9 heteroatoms. The standard InChI is InChI=1S/C18H20BrNO6S/c1-5-25-13-6-11(12(19)8-14(13)26-9-16(21)24-4)7-15-17(22)20(10(2)3)18(23)27-15/h6-8,10H,5,9H2,1-4H3/b15-7+. The minimum atomic E-state index is -0.514. The second-order valence-corrected chi connectivity index (χ2v) is 7.61. The fourth-order valence-electron chi connectivity index (χ4n) is 2.30. The molecule has 7 nitrogen and oxygen atoms in total. The van der Waals surface area contributed by atoms with Gasteiger partial charge in [0.2, 0.25) is 0 Å². The third-order valence-electron chi connectivity index (χ3n) is 3.56. The predicted molar refractivity (Wildman–Crippen MR) is 106 cm³/mol. The Labute approximate surface area is 170 Å². The third-order valence-corrected chi connectivity index (χ3v) is 5.13. The highest BCUT2D eigenvalue weighted by atomic mass is 79.9. The fourth-order valence-corrected chi connectivity index (χ4v) is 3.69. The molecule has 0 unspecified atom stereocenters. The topological polar surface area (TPSA) is 82.1 Å². The van der Waals surface area contributed by atoms with Crippen LogP contribution >= 0.6 is 27.7 Å². The van der Waals surface area contributed by atoms with Crippen molar-refractivity contribution < 1.29 is 28.6 Å². The number of rotatable bonds is 7. The van der Waals surface area contributed by atoms with E-state index < -0.39 is 5.97 Å². The zero-order valence-electron chi connectivity index (χ0n) is 15.4. The van der Waals surface area contributed by atoms with Crippen LogP contribution in [0.3, 0.4) is 0 Å². The number of thioether (sulfide) groups is 1. The molecular formula is C18H20BrNO6S. The van der Waals surface area contributed by atoms with Crippen LogP contribution in [-0.2, 0) is 14.3 Å². The maximum Gasteiger partial charge on any atom is 0.343 e. The molecule has 1 saturated heterocycles. The van der Waals surface area contributed by atoms with E-state index in [0.29, 0.717) is 33.0 Å². The highest BCUT2D eigenvalue weighted by molar-refractivity contribution is 9.10. The van der Waals surface area contributed by atoms with Gasteiger partial charge < -0.3 is 14.2 Å². The zero-order chi connectivity index (χ0) is 20.1. The number of methoxy groups -OCH3 is 1. The maximum atomic E-state index is 12.5. The van der Waals surface area contributed by atoms with Gasteiger partial charge in [-0.1, -0.05) is 15.9 Å². The van der Waals surface area contributed by atoms with Crippen molar-refractivity contribution in [2.75, 3.05) is 20.3 Å². The largest absolute Gasteiger partial charge is 0.490 e. The monoisotopic (exact) mass is 457 g/mol. The minimum absolute atomic E-state index is 0.208. The average molecular weight is 458 g/mol. The lowest BCUT2D eigenvalue weighted by Gasteiger charge is -2.16. The van der Waals surface area contributed by atoms with Crippen molar-refractivity contribution in [2.24, 2.45) is 0 Å². The number of ether oxygens (including phenoxy) is 3. The lowest BCUT2D eigenvalue weighted by molar-refractivity contribution is -0.143. The number of carbonyl (C=O) groups is 3. The molecule has 0 saturated carbocycles. The van der Waals surface area contributed by atoms with Gasteiger partial charge in [-0.25, -0.2) is 4.79 Å². The highest BCUT2D eigenvalue weighted by Crippen LogP contribution is 2.38. The van der Waals surface area contributed by atoms with Crippen LogP contribution in [0.2, 0.25) is 0 Å². The van der Waals surface area contributed by atoms with Gasteiger partial charge in [-0.05, 0) is 56.3 Å². The van der Waals surface area contributed by atoms with E-state index in [1.807, 2.05) is 6.92 Å². The van der Waals surface area contributed by atoms with E-state index in [2.05, 4.69) is 20.7 Å². The van der Waals surface area contributed by atoms with E-state index in [9.17, 15) is 14.4 Å². The van der Waals surface area contributed by atoms with Gasteiger partial charge in [0.15, 0.2) is 18.1 Å². The molecule has 0 bridgehead atoms. The lowest BCUT2D eigenvalue weighted by atomic mass is 10.1. The molecule has 2 rings (SSSR count). The summed E-state index contributed by atoms with van der Waals surface area (Å²) in [6.07, 6.45) is 1.63. The number of benzene rings is 1. The number of hydrogen-bond donors (Lipinski definition) is 0. The van der Waals surface area contributed by atoms with Crippen molar-refractivity contribution in [3.05, 3.63) is 27.1 Å². The molecule has 1 aromatic carbocycles. The van der Waals surface area contributed by atoms with E-state index in [4.69, 9.17) is 9.47 Å². The summed E-state index contributed by atoms with van der Waals surface area (Å²) in [5, 5.41) is -0.291. The Bertz CT molecular complexity index is 792. The molecule has 2 amide bonds. The molecule has 0 spiro atoms. The quantitative estimate of drug-likeness (QED) is 0.454. The molecule has 1 aliphatic heterocycles. The predicted octanol–water partition coefficient (Wildman–Crippen LogP) is 3.84. The Hall–Kier alpha value is -2.00. The van der Waals surface area contributed by atoms with Crippen LogP contribution in [0.5, 0.6) is 11.5 Å². The molecule has 1 fully saturated rings. The molecule has 0 atom stereocenters. The van der Waals surface area contributed by atoms with Crippen LogP contribution in [0.1, 0.15) is 26.3 Å². The van der Waals surface area contributed by atoms with Gasteiger partial charge in [0, 0.05) is 10.5 Å². The van der Waals surface area contributed by atoms with Gasteiger partial charge in [-0.2, -0.15) is 0 Å². The van der Waals surface area contributed by atoms with E-state index in [-0.39, 0.29) is 23.8 Å². The minimum Gasteiger partial charge on any atom is -0.490 e. The van der Waals surface area contributed by atoms with Crippen LogP contribution in [-0.4, -0.2) is 48.4 Å². The van der Waals surface area contributed by atoms with Crippen molar-refractivity contribution in [3.63, 3.8) is 0 Å². The van der Waals surface area contributed by atoms with Crippen molar-refractivity contribution in [2.45, 2.75) is 26.8 Å². The summed E-state index contributed by atoms with van der Waals surface area (Å²) in [7, 11) is 1.28. The van der Waals surface area contributed by atoms with Crippen molar-refractivity contribution in [1.29, 1.82) is 0 Å². The zero-order valence-corrected chi connectivity index (χ0v) is 17.8. The Kier molecular flexibility index (Phi) is 7.32. The Morgan fingerprint density at radius 3 is 2.48 bits per heavy atom. The summed E-state index contributed by atoms with van der Waals surface area (Å²) in [6.45, 7) is 5.53. The Morgan fingerprint density at radius 1 is 1.26 bits per heavy atom. The number of amides is 2. The molecular weight excluding hydrogens is 438 g/mol. The Balaban J connectivity index is 2.35. The van der Waals surface area contributed by atoms with Crippen molar-refractivity contribution in [3.8, 4) is 11.5 Å². The second kappa shape index (κ2) is 9.27. The van der Waals surface area contributed by atoms with Gasteiger partial charge in [0.1, 0.15) is 0 Å². The summed E-state index contributed by atoms with van der Waals surface area (Å²) in [5.74, 6) is -0.0589. The number of hydrogen-bond acceptors (Lipinski definition) is 7. The van der Waals surface area contributed by atoms with Gasteiger partial charge in [0.25, 0.3) is 11.1 Å². The van der Waals surface area contributed by atoms with Gasteiger partial charge in [-0.15, -0.1) is 0 Å². The Morgan fingerprint density at radius 2 is 1.93 bits per heavy atom. The highest BCUT2D eigenvalue weighted by Gasteiger charge is 2.36. The third kappa shape index (κ3) is 5.04. The van der Waals surface area contributed by atoms with Crippen LogP contribution < -0.4 is 9.47 Å². The number of esters is 1. The summed E-state index contributed by atoms with van der Waals surface area (Å²) >= 11 is 4.33. The molecule has 0 aliphatic carbocycles. The van der Waals surface area contributed by atoms with Gasteiger partial charge in [-0.3, -0.25) is 14.5 Å². The van der Waals surface area contributed by atoms with Crippen molar-refractivity contribution >= 4 is 50.9 Å². The SMILES string of the molecule is CCOc1cc(/C=C2/SC(=O)N(C(C)C)C2=O)c(Br)cc1OCC(=O)OC. The van der Waals surface area contributed by atoms with E-state index in [0.717, 1.165) is 11.8 Å². The average Bonchev–Trinajstić information content (AvgIpc) is 2.89. The smallest absolute Gasteiger partial charge is 0.343 e. The number of halogens is 1. The van der Waals surface area contributed by atoms with Crippen LogP contribution in [0, 0.1) is 0 Å². The van der Waals surface area contributed by atoms with E-state index in [1.54, 1.807) is 32.1 Å². The number of nitrogens with zero attached hydrogens (tertiary/aromatic N) is 1. The first kappa shape index (κ1) is 21.3. The van der Waals surface area contributed by atoms with Crippen LogP contribution in [0.4, 0.5) is 4.79 Å². The van der Waals surface area contributed by atoms with Crippen LogP contribution in [0.15, 0.2) is 21.5 Å². The molecule has 1 aliphatic rings. The molecule has 0 N–H and O–H groups in total.